The molecule has 2 aromatic carbocycles. The van der Waals surface area contributed by atoms with Crippen molar-refractivity contribution in [2.45, 2.75) is 33.0 Å². The number of nitrogens with one attached hydrogen (secondary N) is 1. The Morgan fingerprint density at radius 2 is 1.78 bits per heavy atom. The molecule has 0 saturated heterocycles. The molecule has 1 amide bonds. The summed E-state index contributed by atoms with van der Waals surface area (Å²) in [6.45, 7) is 4.44. The second-order valence-corrected chi connectivity index (χ2v) is 8.09. The molecule has 0 saturated carbocycles. The number of imidazole rings is 1. The van der Waals surface area contributed by atoms with E-state index in [0.717, 1.165) is 12.1 Å². The van der Waals surface area contributed by atoms with E-state index >= 15 is 0 Å². The Labute approximate surface area is 183 Å². The molecule has 1 atom stereocenters. The Balaban J connectivity index is 1.72. The van der Waals surface area contributed by atoms with Gasteiger partial charge >= 0.3 is 0 Å². The number of hydrogen-bond acceptors (Lipinski definition) is 4. The Hall–Kier alpha value is -3.33. The molecule has 3 aromatic rings. The molecule has 2 N–H and O–H groups in total. The van der Waals surface area contributed by atoms with Gasteiger partial charge in [0, 0.05) is 30.4 Å². The van der Waals surface area contributed by atoms with Crippen LogP contribution in [0.2, 0.25) is 0 Å². The molecular formula is C23H23F3N4O2. The fourth-order valence-corrected chi connectivity index (χ4v) is 3.64. The lowest BCUT2D eigenvalue weighted by Crippen LogP contribution is -2.45. The molecule has 1 aliphatic rings. The van der Waals surface area contributed by atoms with E-state index in [0.29, 0.717) is 41.7 Å². The van der Waals surface area contributed by atoms with Crippen LogP contribution in [0, 0.1) is 23.4 Å². The largest absolute Gasteiger partial charge is 0.383 e. The third-order valence-electron chi connectivity index (χ3n) is 5.47. The van der Waals surface area contributed by atoms with E-state index in [1.54, 1.807) is 30.9 Å². The lowest BCUT2D eigenvalue weighted by molar-refractivity contribution is -0.144. The van der Waals surface area contributed by atoms with Crippen LogP contribution in [0.25, 0.3) is 11.3 Å². The fraction of sp³-hybridized carbons (Fsp3) is 0.304. The number of amides is 1. The van der Waals surface area contributed by atoms with Crippen molar-refractivity contribution in [2.24, 2.45) is 5.92 Å². The van der Waals surface area contributed by atoms with Crippen molar-refractivity contribution in [3.05, 3.63) is 65.7 Å². The average Bonchev–Trinajstić information content (AvgIpc) is 3.13. The molecule has 6 nitrogen and oxygen atoms in total. The maximum absolute atomic E-state index is 13.7. The van der Waals surface area contributed by atoms with Gasteiger partial charge in [-0.3, -0.25) is 4.79 Å². The highest BCUT2D eigenvalue weighted by molar-refractivity contribution is 5.81. The van der Waals surface area contributed by atoms with Gasteiger partial charge in [-0.1, -0.05) is 13.8 Å². The Morgan fingerprint density at radius 3 is 2.44 bits per heavy atom. The molecule has 0 spiro atoms. The van der Waals surface area contributed by atoms with E-state index in [1.807, 2.05) is 4.57 Å². The number of aliphatic hydroxyl groups is 1. The summed E-state index contributed by atoms with van der Waals surface area (Å²) in [7, 11) is 0. The predicted molar refractivity (Wildman–Crippen MR) is 114 cm³/mol. The van der Waals surface area contributed by atoms with Crippen molar-refractivity contribution in [3.63, 3.8) is 0 Å². The van der Waals surface area contributed by atoms with Gasteiger partial charge in [0.05, 0.1) is 6.54 Å². The van der Waals surface area contributed by atoms with E-state index in [1.165, 1.54) is 18.2 Å². The second-order valence-electron chi connectivity index (χ2n) is 8.09. The topological polar surface area (TPSA) is 70.4 Å². The zero-order chi connectivity index (χ0) is 23.0. The molecule has 0 aliphatic carbocycles. The van der Waals surface area contributed by atoms with E-state index in [9.17, 15) is 23.1 Å². The number of anilines is 2. The minimum atomic E-state index is -1.10. The molecule has 168 valence electrons. The van der Waals surface area contributed by atoms with Crippen molar-refractivity contribution in [1.29, 1.82) is 0 Å². The van der Waals surface area contributed by atoms with Crippen LogP contribution < -0.4 is 5.32 Å². The van der Waals surface area contributed by atoms with Gasteiger partial charge in [-0.2, -0.15) is 0 Å². The summed E-state index contributed by atoms with van der Waals surface area (Å²) in [5.74, 6) is -1.85. The molecule has 32 heavy (non-hydrogen) atoms. The average molecular weight is 444 g/mol. The highest BCUT2D eigenvalue weighted by Gasteiger charge is 2.31. The monoisotopic (exact) mass is 444 g/mol. The number of carbonyl (C=O) groups is 1. The van der Waals surface area contributed by atoms with E-state index < -0.39 is 23.6 Å². The van der Waals surface area contributed by atoms with Crippen molar-refractivity contribution in [1.82, 2.24) is 14.5 Å². The number of aliphatic hydroxyl groups excluding tert-OH is 1. The van der Waals surface area contributed by atoms with Crippen LogP contribution in [0.3, 0.4) is 0 Å². The Bertz CT molecular complexity index is 1140. The van der Waals surface area contributed by atoms with E-state index in [2.05, 4.69) is 10.3 Å². The van der Waals surface area contributed by atoms with Crippen molar-refractivity contribution >= 4 is 17.4 Å². The Kier molecular flexibility index (Phi) is 5.92. The molecule has 4 rings (SSSR count). The van der Waals surface area contributed by atoms with Crippen molar-refractivity contribution < 1.29 is 23.1 Å². The number of fused-ring (bicyclic) bond motifs is 1. The number of nitrogens with zero attached hydrogens (tertiary/aromatic N) is 3. The molecule has 9 heteroatoms. The van der Waals surface area contributed by atoms with Crippen LogP contribution in [-0.4, -0.2) is 38.1 Å². The highest BCUT2D eigenvalue weighted by Crippen LogP contribution is 2.33. The summed E-state index contributed by atoms with van der Waals surface area (Å²) < 4.78 is 42.4. The van der Waals surface area contributed by atoms with Crippen LogP contribution in [0.4, 0.5) is 24.7 Å². The minimum absolute atomic E-state index is 0.177. The quantitative estimate of drug-likeness (QED) is 0.623. The molecule has 0 fully saturated rings. The van der Waals surface area contributed by atoms with Crippen LogP contribution in [-0.2, 0) is 17.9 Å². The highest BCUT2D eigenvalue weighted by atomic mass is 19.2. The summed E-state index contributed by atoms with van der Waals surface area (Å²) in [5.41, 5.74) is 1.44. The Morgan fingerprint density at radius 1 is 1.06 bits per heavy atom. The minimum Gasteiger partial charge on any atom is -0.383 e. The van der Waals surface area contributed by atoms with Gasteiger partial charge in [0.1, 0.15) is 29.3 Å². The SMILES string of the molecule is CC(C)[C@H](O)C(=O)N1CCn2c(nc(-c3ccc(F)cc3)c2Nc2ccc(F)c(F)c2)C1. The zero-order valence-electron chi connectivity index (χ0n) is 17.6. The number of carbonyl (C=O) groups excluding carboxylic acids is 1. The molecule has 0 radical (unpaired) electrons. The number of benzene rings is 2. The predicted octanol–water partition coefficient (Wildman–Crippen LogP) is 4.07. The lowest BCUT2D eigenvalue weighted by atomic mass is 10.1. The van der Waals surface area contributed by atoms with Crippen LogP contribution in [0.1, 0.15) is 19.7 Å². The van der Waals surface area contributed by atoms with Gasteiger partial charge in [0.25, 0.3) is 5.91 Å². The molecule has 2 heterocycles. The van der Waals surface area contributed by atoms with Gasteiger partial charge in [-0.15, -0.1) is 0 Å². The van der Waals surface area contributed by atoms with Gasteiger partial charge in [0.15, 0.2) is 11.6 Å². The lowest BCUT2D eigenvalue weighted by Gasteiger charge is -2.31. The first-order chi connectivity index (χ1) is 15.2. The smallest absolute Gasteiger partial charge is 0.252 e. The number of halogens is 3. The first-order valence-corrected chi connectivity index (χ1v) is 10.3. The fourth-order valence-electron chi connectivity index (χ4n) is 3.64. The van der Waals surface area contributed by atoms with Gasteiger partial charge in [-0.25, -0.2) is 18.2 Å². The summed E-state index contributed by atoms with van der Waals surface area (Å²) in [6.07, 6.45) is -1.10. The zero-order valence-corrected chi connectivity index (χ0v) is 17.6. The normalized spacial score (nSPS) is 14.4. The molecular weight excluding hydrogens is 421 g/mol. The van der Waals surface area contributed by atoms with Crippen molar-refractivity contribution in [3.8, 4) is 11.3 Å². The summed E-state index contributed by atoms with van der Waals surface area (Å²) in [6, 6.07) is 9.24. The summed E-state index contributed by atoms with van der Waals surface area (Å²) >= 11 is 0. The molecule has 1 aromatic heterocycles. The third kappa shape index (κ3) is 4.20. The standard InChI is InChI=1S/C23H23F3N4O2/c1-13(2)21(31)23(32)29-9-10-30-19(12-29)28-20(14-3-5-15(24)6-4-14)22(30)27-16-7-8-17(25)18(26)11-16/h3-8,11,13,21,27,31H,9-10,12H2,1-2H3/t21-/m0/s1. The molecule has 0 unspecified atom stereocenters. The van der Waals surface area contributed by atoms with E-state index in [-0.39, 0.29) is 18.4 Å². The maximum Gasteiger partial charge on any atom is 0.252 e. The number of hydrogen-bond donors (Lipinski definition) is 2. The number of rotatable bonds is 5. The number of aromatic nitrogens is 2. The summed E-state index contributed by atoms with van der Waals surface area (Å²) in [4.78, 5) is 18.8. The molecule has 0 bridgehead atoms. The maximum atomic E-state index is 13.7. The first-order valence-electron chi connectivity index (χ1n) is 10.3. The van der Waals surface area contributed by atoms with Gasteiger partial charge < -0.3 is 19.9 Å². The van der Waals surface area contributed by atoms with Gasteiger partial charge in [0.2, 0.25) is 0 Å². The van der Waals surface area contributed by atoms with Crippen LogP contribution in [0.5, 0.6) is 0 Å². The van der Waals surface area contributed by atoms with Crippen LogP contribution >= 0.6 is 0 Å². The third-order valence-corrected chi connectivity index (χ3v) is 5.47. The second kappa shape index (κ2) is 8.66. The molecule has 1 aliphatic heterocycles. The van der Waals surface area contributed by atoms with Crippen LogP contribution in [0.15, 0.2) is 42.5 Å². The van der Waals surface area contributed by atoms with Gasteiger partial charge in [-0.05, 0) is 42.3 Å². The first kappa shape index (κ1) is 21.9. The van der Waals surface area contributed by atoms with Crippen molar-refractivity contribution in [2.75, 3.05) is 11.9 Å². The summed E-state index contributed by atoms with van der Waals surface area (Å²) in [5, 5.41) is 13.3. The van der Waals surface area contributed by atoms with E-state index in [4.69, 9.17) is 0 Å².